The van der Waals surface area contributed by atoms with Crippen molar-refractivity contribution in [1.82, 2.24) is 13.9 Å². The monoisotopic (exact) mass is 575 g/mol. The molecule has 39 heavy (non-hydrogen) atoms. The predicted molar refractivity (Wildman–Crippen MR) is 146 cm³/mol. The number of aryl methyl sites for hydroxylation is 1. The first-order valence-corrected chi connectivity index (χ1v) is 14.0. The number of aromatic nitrogens is 3. The van der Waals surface area contributed by atoms with Gasteiger partial charge in [0.2, 0.25) is 5.16 Å². The topological polar surface area (TPSA) is 147 Å². The molecule has 4 aromatic rings. The first kappa shape index (κ1) is 29.6. The molecule has 0 radical (unpaired) electrons. The largest absolute Gasteiger partial charge is 0.497 e. The highest BCUT2D eigenvalue weighted by Crippen LogP contribution is 2.30. The van der Waals surface area contributed by atoms with Crippen molar-refractivity contribution in [2.75, 3.05) is 20.8 Å². The Labute approximate surface area is 228 Å². The molecular formula is C26H29N3O8S2. The molecule has 11 nitrogen and oxygen atoms in total. The SMILES string of the molecule is C.COc1ccc2c(c1)nc(S(=O)Cc1ncc(C)c(OC)c1C)n2S(=O)(=O)c1ccc(OCC(=O)O)cc1. The van der Waals surface area contributed by atoms with Gasteiger partial charge in [0.05, 0.1) is 52.4 Å². The molecule has 1 atom stereocenters. The highest BCUT2D eigenvalue weighted by Gasteiger charge is 2.28. The van der Waals surface area contributed by atoms with Gasteiger partial charge in [-0.2, -0.15) is 0 Å². The zero-order valence-corrected chi connectivity index (χ0v) is 22.6. The zero-order chi connectivity index (χ0) is 27.6. The van der Waals surface area contributed by atoms with Crippen LogP contribution in [-0.4, -0.2) is 58.5 Å². The number of nitrogens with zero attached hydrogens (tertiary/aromatic N) is 3. The molecule has 2 heterocycles. The molecule has 0 aliphatic heterocycles. The molecule has 0 saturated carbocycles. The highest BCUT2D eigenvalue weighted by atomic mass is 32.2. The minimum absolute atomic E-state index is 0. The molecule has 1 unspecified atom stereocenters. The average molecular weight is 576 g/mol. The van der Waals surface area contributed by atoms with Gasteiger partial charge in [0.1, 0.15) is 17.2 Å². The van der Waals surface area contributed by atoms with E-state index in [0.29, 0.717) is 22.8 Å². The number of hydrogen-bond donors (Lipinski definition) is 1. The van der Waals surface area contributed by atoms with Crippen molar-refractivity contribution in [3.05, 3.63) is 65.5 Å². The molecule has 0 aliphatic carbocycles. The molecule has 0 saturated heterocycles. The van der Waals surface area contributed by atoms with Gasteiger partial charge in [-0.05, 0) is 50.2 Å². The fraction of sp³-hybridized carbons (Fsp3) is 0.269. The smallest absolute Gasteiger partial charge is 0.341 e. The first-order chi connectivity index (χ1) is 18.1. The van der Waals surface area contributed by atoms with Crippen LogP contribution in [-0.2, 0) is 31.4 Å². The molecular weight excluding hydrogens is 546 g/mol. The summed E-state index contributed by atoms with van der Waals surface area (Å²) < 4.78 is 58.0. The van der Waals surface area contributed by atoms with Crippen LogP contribution in [0.3, 0.4) is 0 Å². The van der Waals surface area contributed by atoms with Gasteiger partial charge in [0, 0.05) is 23.4 Å². The molecule has 1 N–H and O–H groups in total. The van der Waals surface area contributed by atoms with E-state index >= 15 is 0 Å². The van der Waals surface area contributed by atoms with E-state index in [9.17, 15) is 17.4 Å². The molecule has 2 aromatic carbocycles. The van der Waals surface area contributed by atoms with Gasteiger partial charge in [0.25, 0.3) is 10.0 Å². The maximum atomic E-state index is 13.8. The second-order valence-electron chi connectivity index (χ2n) is 8.21. The number of ether oxygens (including phenoxy) is 3. The van der Waals surface area contributed by atoms with Crippen LogP contribution < -0.4 is 14.2 Å². The molecule has 13 heteroatoms. The van der Waals surface area contributed by atoms with Gasteiger partial charge >= 0.3 is 5.97 Å². The van der Waals surface area contributed by atoms with Crippen LogP contribution in [0.5, 0.6) is 17.2 Å². The van der Waals surface area contributed by atoms with Gasteiger partial charge in [-0.25, -0.2) is 22.2 Å². The Hall–Kier alpha value is -3.97. The fourth-order valence-corrected chi connectivity index (χ4v) is 6.93. The van der Waals surface area contributed by atoms with Crippen LogP contribution in [0.15, 0.2) is 58.7 Å². The summed E-state index contributed by atoms with van der Waals surface area (Å²) in [5, 5.41) is 8.61. The van der Waals surface area contributed by atoms with E-state index in [1.807, 2.05) is 6.92 Å². The van der Waals surface area contributed by atoms with E-state index in [2.05, 4.69) is 9.97 Å². The van der Waals surface area contributed by atoms with E-state index in [4.69, 9.17) is 19.3 Å². The van der Waals surface area contributed by atoms with Crippen molar-refractivity contribution in [3.63, 3.8) is 0 Å². The van der Waals surface area contributed by atoms with Crippen molar-refractivity contribution >= 4 is 37.8 Å². The van der Waals surface area contributed by atoms with E-state index in [-0.39, 0.29) is 40.0 Å². The van der Waals surface area contributed by atoms with Crippen LogP contribution in [0.1, 0.15) is 24.2 Å². The Morgan fingerprint density at radius 1 is 1.05 bits per heavy atom. The van der Waals surface area contributed by atoms with E-state index < -0.39 is 33.4 Å². The molecule has 208 valence electrons. The lowest BCUT2D eigenvalue weighted by molar-refractivity contribution is -0.139. The van der Waals surface area contributed by atoms with E-state index in [1.165, 1.54) is 44.6 Å². The summed E-state index contributed by atoms with van der Waals surface area (Å²) in [4.78, 5) is 19.4. The molecule has 0 fully saturated rings. The summed E-state index contributed by atoms with van der Waals surface area (Å²) in [5.74, 6) is -0.00333. The lowest BCUT2D eigenvalue weighted by Gasteiger charge is -2.13. The Morgan fingerprint density at radius 3 is 2.33 bits per heavy atom. The molecule has 0 spiro atoms. The van der Waals surface area contributed by atoms with Crippen LogP contribution in [0.2, 0.25) is 0 Å². The van der Waals surface area contributed by atoms with Crippen LogP contribution in [0, 0.1) is 13.8 Å². The number of carboxylic acids is 1. The number of methoxy groups -OCH3 is 2. The van der Waals surface area contributed by atoms with Crippen LogP contribution in [0.4, 0.5) is 0 Å². The van der Waals surface area contributed by atoms with Crippen molar-refractivity contribution in [2.24, 2.45) is 0 Å². The third-order valence-electron chi connectivity index (χ3n) is 5.74. The van der Waals surface area contributed by atoms with Crippen molar-refractivity contribution in [3.8, 4) is 17.2 Å². The number of rotatable bonds is 10. The number of benzene rings is 2. The molecule has 2 aromatic heterocycles. The minimum Gasteiger partial charge on any atom is -0.497 e. The summed E-state index contributed by atoms with van der Waals surface area (Å²) in [7, 11) is -3.20. The number of hydrogen-bond acceptors (Lipinski definition) is 9. The first-order valence-electron chi connectivity index (χ1n) is 11.2. The number of fused-ring (bicyclic) bond motifs is 1. The highest BCUT2D eigenvalue weighted by molar-refractivity contribution is 7.91. The molecule has 0 amide bonds. The Bertz CT molecular complexity index is 1650. The molecule has 4 rings (SSSR count). The van der Waals surface area contributed by atoms with Gasteiger partial charge in [-0.3, -0.25) is 9.19 Å². The fourth-order valence-electron chi connectivity index (χ4n) is 3.88. The summed E-state index contributed by atoms with van der Waals surface area (Å²) in [6.45, 7) is 3.07. The van der Waals surface area contributed by atoms with Gasteiger partial charge < -0.3 is 19.3 Å². The lowest BCUT2D eigenvalue weighted by Crippen LogP contribution is -2.18. The number of carboxylic acid groups (broad SMARTS) is 1. The second-order valence-corrected chi connectivity index (χ2v) is 11.3. The van der Waals surface area contributed by atoms with Gasteiger partial charge in [-0.15, -0.1) is 0 Å². The maximum Gasteiger partial charge on any atom is 0.341 e. The Morgan fingerprint density at radius 2 is 1.72 bits per heavy atom. The third kappa shape index (κ3) is 5.88. The summed E-state index contributed by atoms with van der Waals surface area (Å²) in [6, 6.07) is 9.94. The van der Waals surface area contributed by atoms with Crippen molar-refractivity contribution < 1.29 is 36.7 Å². The van der Waals surface area contributed by atoms with E-state index in [1.54, 1.807) is 25.3 Å². The van der Waals surface area contributed by atoms with Crippen molar-refractivity contribution in [2.45, 2.75) is 37.1 Å². The number of pyridine rings is 1. The van der Waals surface area contributed by atoms with Crippen LogP contribution >= 0.6 is 0 Å². The number of carbonyl (C=O) groups is 1. The van der Waals surface area contributed by atoms with E-state index in [0.717, 1.165) is 9.54 Å². The van der Waals surface area contributed by atoms with Crippen LogP contribution in [0.25, 0.3) is 11.0 Å². The second kappa shape index (κ2) is 11.8. The zero-order valence-electron chi connectivity index (χ0n) is 21.0. The number of aliphatic carboxylic acids is 1. The minimum atomic E-state index is -4.28. The maximum absolute atomic E-state index is 13.8. The summed E-state index contributed by atoms with van der Waals surface area (Å²) in [6.07, 6.45) is 1.61. The molecule has 0 aliphatic rings. The lowest BCUT2D eigenvalue weighted by atomic mass is 10.1. The standard InChI is InChI=1S/C25H25N3O8S2.CH4/c1-15-12-26-21(16(2)24(15)35-4)14-37(31)25-27-20-11-18(34-3)7-10-22(20)28(25)38(32,33)19-8-5-17(6-9-19)36-13-23(29)30;/h5-12H,13-14H2,1-4H3,(H,29,30);1H4. The average Bonchev–Trinajstić information content (AvgIpc) is 3.29. The predicted octanol–water partition coefficient (Wildman–Crippen LogP) is 3.71. The molecule has 0 bridgehead atoms. The Kier molecular flexibility index (Phi) is 8.97. The third-order valence-corrected chi connectivity index (χ3v) is 8.79. The quantitative estimate of drug-likeness (QED) is 0.297. The Balaban J connectivity index is 0.00000420. The van der Waals surface area contributed by atoms with Gasteiger partial charge in [0.15, 0.2) is 6.61 Å². The summed E-state index contributed by atoms with van der Waals surface area (Å²) >= 11 is 0. The van der Waals surface area contributed by atoms with Gasteiger partial charge in [-0.1, -0.05) is 7.43 Å². The van der Waals surface area contributed by atoms with Crippen molar-refractivity contribution in [1.29, 1.82) is 0 Å². The number of imidazole rings is 1. The summed E-state index contributed by atoms with van der Waals surface area (Å²) in [5.41, 5.74) is 2.50. The normalized spacial score (nSPS) is 12.0.